The van der Waals surface area contributed by atoms with Gasteiger partial charge in [0, 0.05) is 58.4 Å². The number of rotatable bonds is 3. The zero-order chi connectivity index (χ0) is 29.5. The van der Waals surface area contributed by atoms with Crippen LogP contribution in [-0.2, 0) is 0 Å². The Morgan fingerprint density at radius 1 is 0.356 bits per heavy atom. The number of nitrogens with zero attached hydrogens (tertiary/aromatic N) is 3. The van der Waals surface area contributed by atoms with E-state index in [2.05, 4.69) is 66.7 Å². The lowest BCUT2D eigenvalue weighted by molar-refractivity contribution is 0.664. The van der Waals surface area contributed by atoms with Crippen molar-refractivity contribution in [3.8, 4) is 34.2 Å². The van der Waals surface area contributed by atoms with E-state index in [1.165, 1.54) is 20.2 Å². The Kier molecular flexibility index (Phi) is 5.09. The van der Waals surface area contributed by atoms with E-state index < -0.39 is 0 Å². The lowest BCUT2D eigenvalue weighted by Crippen LogP contribution is -2.00. The van der Waals surface area contributed by atoms with Crippen molar-refractivity contribution in [3.05, 3.63) is 127 Å². The Balaban J connectivity index is 1.17. The quantitative estimate of drug-likeness (QED) is 0.203. The highest BCUT2D eigenvalue weighted by Gasteiger charge is 2.17. The molecule has 0 radical (unpaired) electrons. The van der Waals surface area contributed by atoms with Crippen LogP contribution in [0.4, 0.5) is 0 Å². The van der Waals surface area contributed by atoms with Crippen LogP contribution in [0, 0.1) is 0 Å². The molecule has 10 aromatic rings. The highest BCUT2D eigenvalue weighted by Crippen LogP contribution is 2.39. The Bertz CT molecular complexity index is 2770. The molecule has 0 aliphatic heterocycles. The third-order valence-corrected chi connectivity index (χ3v) is 9.66. The molecule has 0 aliphatic carbocycles. The number of para-hydroxylation sites is 1. The van der Waals surface area contributed by atoms with Gasteiger partial charge >= 0.3 is 0 Å². The van der Waals surface area contributed by atoms with Crippen LogP contribution in [0.3, 0.4) is 0 Å². The van der Waals surface area contributed by atoms with Crippen molar-refractivity contribution in [3.63, 3.8) is 0 Å². The van der Waals surface area contributed by atoms with Gasteiger partial charge in [0.05, 0.1) is 0 Å². The van der Waals surface area contributed by atoms with Crippen LogP contribution in [0.25, 0.3) is 98.2 Å². The number of thiophene rings is 1. The van der Waals surface area contributed by atoms with Crippen LogP contribution in [0.15, 0.2) is 136 Å². The van der Waals surface area contributed by atoms with Gasteiger partial charge < -0.3 is 8.83 Å². The van der Waals surface area contributed by atoms with Gasteiger partial charge in [0.15, 0.2) is 17.5 Å². The second-order valence-electron chi connectivity index (χ2n) is 11.2. The molecule has 5 nitrogen and oxygen atoms in total. The molecule has 4 heterocycles. The molecule has 6 aromatic carbocycles. The van der Waals surface area contributed by atoms with Crippen LogP contribution in [0.2, 0.25) is 0 Å². The fourth-order valence-corrected chi connectivity index (χ4v) is 7.49. The van der Waals surface area contributed by atoms with Gasteiger partial charge in [-0.1, -0.05) is 78.9 Å². The summed E-state index contributed by atoms with van der Waals surface area (Å²) >= 11 is 1.79. The van der Waals surface area contributed by atoms with Crippen molar-refractivity contribution in [2.45, 2.75) is 0 Å². The van der Waals surface area contributed by atoms with E-state index in [-0.39, 0.29) is 0 Å². The van der Waals surface area contributed by atoms with Crippen molar-refractivity contribution in [2.75, 3.05) is 0 Å². The van der Waals surface area contributed by atoms with Crippen LogP contribution in [-0.4, -0.2) is 15.0 Å². The largest absolute Gasteiger partial charge is 0.456 e. The fraction of sp³-hybridized carbons (Fsp3) is 0. The smallest absolute Gasteiger partial charge is 0.164 e. The number of hydrogen-bond acceptors (Lipinski definition) is 6. The van der Waals surface area contributed by atoms with Gasteiger partial charge in [-0.05, 0) is 48.5 Å². The Morgan fingerprint density at radius 3 is 1.71 bits per heavy atom. The van der Waals surface area contributed by atoms with E-state index in [1.54, 1.807) is 11.3 Å². The number of fused-ring (bicyclic) bond motifs is 9. The Labute approximate surface area is 260 Å². The minimum atomic E-state index is 0.608. The molecule has 0 bridgehead atoms. The molecule has 0 amide bonds. The average Bonchev–Trinajstić information content (AvgIpc) is 3.77. The van der Waals surface area contributed by atoms with Crippen LogP contribution in [0.5, 0.6) is 0 Å². The van der Waals surface area contributed by atoms with Gasteiger partial charge in [-0.15, -0.1) is 11.3 Å². The van der Waals surface area contributed by atoms with Crippen molar-refractivity contribution in [1.82, 2.24) is 15.0 Å². The van der Waals surface area contributed by atoms with Gasteiger partial charge in [0.2, 0.25) is 0 Å². The van der Waals surface area contributed by atoms with Crippen LogP contribution >= 0.6 is 11.3 Å². The molecule has 0 fully saturated rings. The zero-order valence-electron chi connectivity index (χ0n) is 23.7. The molecule has 0 unspecified atom stereocenters. The summed E-state index contributed by atoms with van der Waals surface area (Å²) in [5.74, 6) is 1.88. The van der Waals surface area contributed by atoms with Gasteiger partial charge in [-0.3, -0.25) is 0 Å². The minimum Gasteiger partial charge on any atom is -0.456 e. The van der Waals surface area contributed by atoms with E-state index >= 15 is 0 Å². The molecular weight excluding hydrogens is 575 g/mol. The lowest BCUT2D eigenvalue weighted by Gasteiger charge is -2.08. The highest BCUT2D eigenvalue weighted by atomic mass is 32.1. The molecule has 0 spiro atoms. The first-order valence-electron chi connectivity index (χ1n) is 14.8. The Hall–Kier alpha value is -5.85. The second kappa shape index (κ2) is 9.32. The molecule has 0 N–H and O–H groups in total. The zero-order valence-corrected chi connectivity index (χ0v) is 24.5. The van der Waals surface area contributed by atoms with Crippen molar-refractivity contribution in [1.29, 1.82) is 0 Å². The predicted octanol–water partition coefficient (Wildman–Crippen LogP) is 11.0. The van der Waals surface area contributed by atoms with Crippen molar-refractivity contribution in [2.24, 2.45) is 0 Å². The van der Waals surface area contributed by atoms with Gasteiger partial charge in [-0.2, -0.15) is 0 Å². The first kappa shape index (κ1) is 24.6. The molecule has 210 valence electrons. The minimum absolute atomic E-state index is 0.608. The van der Waals surface area contributed by atoms with E-state index in [0.717, 1.165) is 60.6 Å². The van der Waals surface area contributed by atoms with E-state index in [0.29, 0.717) is 17.5 Å². The number of benzene rings is 6. The molecule has 0 saturated carbocycles. The molecule has 0 aliphatic rings. The maximum Gasteiger partial charge on any atom is 0.164 e. The topological polar surface area (TPSA) is 65.0 Å². The normalized spacial score (nSPS) is 12.0. The molecular formula is C39H21N3O2S. The maximum atomic E-state index is 6.33. The average molecular weight is 596 g/mol. The molecule has 45 heavy (non-hydrogen) atoms. The van der Waals surface area contributed by atoms with Crippen LogP contribution in [0.1, 0.15) is 0 Å². The van der Waals surface area contributed by atoms with Gasteiger partial charge in [0.1, 0.15) is 22.3 Å². The summed E-state index contributed by atoms with van der Waals surface area (Å²) in [5.41, 5.74) is 6.10. The maximum absolute atomic E-state index is 6.33. The summed E-state index contributed by atoms with van der Waals surface area (Å²) in [5, 5.41) is 6.61. The summed E-state index contributed by atoms with van der Waals surface area (Å²) in [7, 11) is 0. The number of aromatic nitrogens is 3. The van der Waals surface area contributed by atoms with Crippen molar-refractivity contribution >= 4 is 75.4 Å². The molecule has 10 rings (SSSR count). The molecule has 4 aromatic heterocycles. The fourth-order valence-electron chi connectivity index (χ4n) is 6.35. The van der Waals surface area contributed by atoms with E-state index in [4.69, 9.17) is 23.8 Å². The lowest BCUT2D eigenvalue weighted by atomic mass is 10.1. The Morgan fingerprint density at radius 2 is 0.911 bits per heavy atom. The summed E-state index contributed by atoms with van der Waals surface area (Å²) < 4.78 is 15.0. The van der Waals surface area contributed by atoms with E-state index in [1.807, 2.05) is 60.7 Å². The van der Waals surface area contributed by atoms with Gasteiger partial charge in [-0.25, -0.2) is 15.0 Å². The summed E-state index contributed by atoms with van der Waals surface area (Å²) in [6.45, 7) is 0. The predicted molar refractivity (Wildman–Crippen MR) is 184 cm³/mol. The molecule has 6 heteroatoms. The first-order valence-corrected chi connectivity index (χ1v) is 15.6. The number of furan rings is 2. The van der Waals surface area contributed by atoms with Crippen molar-refractivity contribution < 1.29 is 8.83 Å². The third-order valence-electron chi connectivity index (χ3n) is 8.53. The second-order valence-corrected chi connectivity index (χ2v) is 12.3. The molecule has 0 atom stereocenters. The van der Waals surface area contributed by atoms with Crippen LogP contribution < -0.4 is 0 Å². The van der Waals surface area contributed by atoms with Gasteiger partial charge in [0.25, 0.3) is 0 Å². The number of hydrogen-bond donors (Lipinski definition) is 0. The third kappa shape index (κ3) is 3.83. The standard InChI is InChI=1S/C39H21N3O2S/c1-2-8-22(9-3-1)37-40-38(42-39(41-37)24-14-16-27-26-11-5-7-13-35(26)45-36(27)19-24)23-15-17-32-28(18-23)30-21-33-29(20-34(30)44-32)25-10-4-6-12-31(25)43-33/h1-21H. The summed E-state index contributed by atoms with van der Waals surface area (Å²) in [4.78, 5) is 15.0. The SMILES string of the molecule is c1ccc(-c2nc(-c3ccc4c(c3)sc3ccccc34)nc(-c3ccc4oc5cc6c(cc5c4c3)oc3ccccc36)n2)cc1. The highest BCUT2D eigenvalue weighted by molar-refractivity contribution is 7.25. The first-order chi connectivity index (χ1) is 22.2. The summed E-state index contributed by atoms with van der Waals surface area (Å²) in [6.07, 6.45) is 0. The summed E-state index contributed by atoms with van der Waals surface area (Å²) in [6, 6.07) is 43.5. The molecule has 0 saturated heterocycles. The van der Waals surface area contributed by atoms with E-state index in [9.17, 15) is 0 Å². The monoisotopic (exact) mass is 595 g/mol.